The van der Waals surface area contributed by atoms with Crippen molar-refractivity contribution in [2.75, 3.05) is 0 Å². The van der Waals surface area contributed by atoms with E-state index in [1.807, 2.05) is 12.3 Å². The number of esters is 1. The third kappa shape index (κ3) is 3.12. The van der Waals surface area contributed by atoms with Crippen molar-refractivity contribution in [3.63, 3.8) is 0 Å². The number of carbonyl (C=O) groups excluding carboxylic acids is 1. The average molecular weight is 316 g/mol. The van der Waals surface area contributed by atoms with E-state index < -0.39 is 0 Å². The number of aryl methyl sites for hydroxylation is 1. The molecule has 3 aromatic rings. The van der Waals surface area contributed by atoms with Crippen molar-refractivity contribution in [3.05, 3.63) is 57.9 Å². The van der Waals surface area contributed by atoms with Crippen molar-refractivity contribution in [3.8, 4) is 0 Å². The van der Waals surface area contributed by atoms with Gasteiger partial charge in [0.1, 0.15) is 12.4 Å². The highest BCUT2D eigenvalue weighted by molar-refractivity contribution is 7.09. The normalized spacial score (nSPS) is 10.8. The fourth-order valence-corrected chi connectivity index (χ4v) is 2.77. The maximum absolute atomic E-state index is 13.7. The molecule has 0 aliphatic rings. The van der Waals surface area contributed by atoms with Gasteiger partial charge in [-0.25, -0.2) is 9.37 Å². The molecule has 3 rings (SSSR count). The lowest BCUT2D eigenvalue weighted by molar-refractivity contribution is -0.144. The molecule has 0 saturated carbocycles. The van der Waals surface area contributed by atoms with E-state index in [1.54, 1.807) is 24.4 Å². The van der Waals surface area contributed by atoms with Gasteiger partial charge in [0.2, 0.25) is 0 Å². The lowest BCUT2D eigenvalue weighted by atomic mass is 10.1. The molecule has 22 heavy (non-hydrogen) atoms. The molecule has 0 spiro atoms. The van der Waals surface area contributed by atoms with Gasteiger partial charge in [-0.15, -0.1) is 11.3 Å². The molecule has 0 bridgehead atoms. The number of thiazole rings is 1. The maximum atomic E-state index is 13.7. The predicted octanol–water partition coefficient (Wildman–Crippen LogP) is 3.42. The summed E-state index contributed by atoms with van der Waals surface area (Å²) in [5.74, 6) is -0.699. The van der Waals surface area contributed by atoms with Crippen molar-refractivity contribution < 1.29 is 13.9 Å². The summed E-state index contributed by atoms with van der Waals surface area (Å²) >= 11 is 1.49. The number of hydrogen-bond donors (Lipinski definition) is 0. The Balaban J connectivity index is 1.71. The molecule has 0 amide bonds. The quantitative estimate of drug-likeness (QED) is 0.692. The van der Waals surface area contributed by atoms with Crippen LogP contribution in [0.5, 0.6) is 0 Å². The zero-order valence-corrected chi connectivity index (χ0v) is 12.7. The van der Waals surface area contributed by atoms with E-state index in [0.717, 1.165) is 5.01 Å². The molecule has 0 aliphatic carbocycles. The standard InChI is InChI=1S/C16H13FN2O2S/c1-10-19-12(9-22-10)7-15(20)21-8-11-4-5-14(17)13-3-2-6-18-16(11)13/h2-6,9H,7-8H2,1H3. The number of carbonyl (C=O) groups is 1. The fraction of sp³-hybridized carbons (Fsp3) is 0.188. The minimum atomic E-state index is -0.362. The van der Waals surface area contributed by atoms with E-state index in [2.05, 4.69) is 9.97 Å². The molecule has 0 atom stereocenters. The monoisotopic (exact) mass is 316 g/mol. The summed E-state index contributed by atoms with van der Waals surface area (Å²) in [6.45, 7) is 1.95. The van der Waals surface area contributed by atoms with Gasteiger partial charge in [-0.3, -0.25) is 9.78 Å². The van der Waals surface area contributed by atoms with Gasteiger partial charge in [0.15, 0.2) is 0 Å². The second kappa shape index (κ2) is 6.19. The first-order chi connectivity index (χ1) is 10.6. The van der Waals surface area contributed by atoms with Gasteiger partial charge in [0.25, 0.3) is 0 Å². The second-order valence-electron chi connectivity index (χ2n) is 4.80. The topological polar surface area (TPSA) is 52.1 Å². The number of pyridine rings is 1. The molecule has 1 aromatic carbocycles. The average Bonchev–Trinajstić information content (AvgIpc) is 2.92. The van der Waals surface area contributed by atoms with Crippen LogP contribution in [0.15, 0.2) is 35.8 Å². The Labute approximate surface area is 130 Å². The predicted molar refractivity (Wildman–Crippen MR) is 82.1 cm³/mol. The summed E-state index contributed by atoms with van der Waals surface area (Å²) in [6.07, 6.45) is 1.72. The van der Waals surface area contributed by atoms with Crippen LogP contribution in [-0.4, -0.2) is 15.9 Å². The molecule has 0 unspecified atom stereocenters. The molecule has 2 heterocycles. The summed E-state index contributed by atoms with van der Waals surface area (Å²) in [5, 5.41) is 3.17. The first kappa shape index (κ1) is 14.6. The van der Waals surface area contributed by atoms with Crippen LogP contribution in [0.25, 0.3) is 10.9 Å². The minimum absolute atomic E-state index is 0.0652. The lowest BCUT2D eigenvalue weighted by Gasteiger charge is -2.07. The first-order valence-electron chi connectivity index (χ1n) is 6.72. The molecular formula is C16H13FN2O2S. The van der Waals surface area contributed by atoms with Crippen molar-refractivity contribution in [1.82, 2.24) is 9.97 Å². The number of halogens is 1. The maximum Gasteiger partial charge on any atom is 0.312 e. The molecule has 0 fully saturated rings. The summed E-state index contributed by atoms with van der Waals surface area (Å²) in [6, 6.07) is 6.27. The van der Waals surface area contributed by atoms with E-state index in [9.17, 15) is 9.18 Å². The second-order valence-corrected chi connectivity index (χ2v) is 5.86. The van der Waals surface area contributed by atoms with Crippen LogP contribution in [0, 0.1) is 12.7 Å². The van der Waals surface area contributed by atoms with Gasteiger partial charge < -0.3 is 4.74 Å². The van der Waals surface area contributed by atoms with Crippen LogP contribution in [0.2, 0.25) is 0 Å². The number of ether oxygens (including phenoxy) is 1. The van der Waals surface area contributed by atoms with Gasteiger partial charge in [0.05, 0.1) is 22.6 Å². The number of aromatic nitrogens is 2. The summed E-state index contributed by atoms with van der Waals surface area (Å²) in [4.78, 5) is 20.2. The smallest absolute Gasteiger partial charge is 0.312 e. The highest BCUT2D eigenvalue weighted by Crippen LogP contribution is 2.20. The van der Waals surface area contributed by atoms with Gasteiger partial charge in [0, 0.05) is 22.5 Å². The number of fused-ring (bicyclic) bond motifs is 1. The zero-order chi connectivity index (χ0) is 15.5. The molecule has 0 aliphatic heterocycles. The van der Waals surface area contributed by atoms with Gasteiger partial charge >= 0.3 is 5.97 Å². The van der Waals surface area contributed by atoms with Crippen LogP contribution in [0.3, 0.4) is 0 Å². The highest BCUT2D eigenvalue weighted by Gasteiger charge is 2.11. The molecule has 112 valence electrons. The van der Waals surface area contributed by atoms with Crippen molar-refractivity contribution in [2.45, 2.75) is 20.0 Å². The molecule has 0 N–H and O–H groups in total. The Morgan fingerprint density at radius 1 is 1.36 bits per heavy atom. The SMILES string of the molecule is Cc1nc(CC(=O)OCc2ccc(F)c3cccnc23)cs1. The molecular weight excluding hydrogens is 303 g/mol. The van der Waals surface area contributed by atoms with Crippen molar-refractivity contribution >= 4 is 28.2 Å². The molecule has 2 aromatic heterocycles. The van der Waals surface area contributed by atoms with E-state index in [0.29, 0.717) is 22.2 Å². The van der Waals surface area contributed by atoms with Gasteiger partial charge in [-0.1, -0.05) is 6.07 Å². The first-order valence-corrected chi connectivity index (χ1v) is 7.60. The lowest BCUT2D eigenvalue weighted by Crippen LogP contribution is -2.08. The van der Waals surface area contributed by atoms with Crippen LogP contribution >= 0.6 is 11.3 Å². The van der Waals surface area contributed by atoms with Gasteiger partial charge in [-0.2, -0.15) is 0 Å². The summed E-state index contributed by atoms with van der Waals surface area (Å²) in [5.41, 5.74) is 1.90. The van der Waals surface area contributed by atoms with Crippen LogP contribution < -0.4 is 0 Å². The van der Waals surface area contributed by atoms with Crippen LogP contribution in [0.4, 0.5) is 4.39 Å². The van der Waals surface area contributed by atoms with Crippen molar-refractivity contribution in [2.24, 2.45) is 0 Å². The number of hydrogen-bond acceptors (Lipinski definition) is 5. The summed E-state index contributed by atoms with van der Waals surface area (Å²) < 4.78 is 19.0. The third-order valence-corrected chi connectivity index (χ3v) is 4.00. The number of nitrogens with zero attached hydrogens (tertiary/aromatic N) is 2. The Morgan fingerprint density at radius 2 is 2.23 bits per heavy atom. The largest absolute Gasteiger partial charge is 0.460 e. The van der Waals surface area contributed by atoms with Crippen LogP contribution in [0.1, 0.15) is 16.3 Å². The zero-order valence-electron chi connectivity index (χ0n) is 11.9. The Bertz CT molecular complexity index is 832. The van der Waals surface area contributed by atoms with Crippen molar-refractivity contribution in [1.29, 1.82) is 0 Å². The Hall–Kier alpha value is -2.34. The fourth-order valence-electron chi connectivity index (χ4n) is 2.16. The highest BCUT2D eigenvalue weighted by atomic mass is 32.1. The molecule has 0 saturated heterocycles. The van der Waals surface area contributed by atoms with Gasteiger partial charge in [-0.05, 0) is 25.1 Å². The van der Waals surface area contributed by atoms with E-state index in [4.69, 9.17) is 4.74 Å². The van der Waals surface area contributed by atoms with E-state index in [-0.39, 0.29) is 24.8 Å². The summed E-state index contributed by atoms with van der Waals surface area (Å²) in [7, 11) is 0. The third-order valence-electron chi connectivity index (χ3n) is 3.18. The number of benzene rings is 1. The van der Waals surface area contributed by atoms with E-state index in [1.165, 1.54) is 17.4 Å². The Kier molecular flexibility index (Phi) is 4.11. The minimum Gasteiger partial charge on any atom is -0.460 e. The molecule has 6 heteroatoms. The van der Waals surface area contributed by atoms with E-state index >= 15 is 0 Å². The number of rotatable bonds is 4. The van der Waals surface area contributed by atoms with Crippen LogP contribution in [-0.2, 0) is 22.6 Å². The molecule has 4 nitrogen and oxygen atoms in total. The Morgan fingerprint density at radius 3 is 3.00 bits per heavy atom. The molecule has 0 radical (unpaired) electrons.